The molecule has 0 aromatic carbocycles. The van der Waals surface area contributed by atoms with Gasteiger partial charge in [-0.3, -0.25) is 0 Å². The van der Waals surface area contributed by atoms with Crippen molar-refractivity contribution in [2.75, 3.05) is 19.8 Å². The molecule has 6 nitrogen and oxygen atoms in total. The summed E-state index contributed by atoms with van der Waals surface area (Å²) in [5.41, 5.74) is 0.473. The Hall–Kier alpha value is -1.69. The highest BCUT2D eigenvalue weighted by Crippen LogP contribution is 2.08. The number of unbranched alkanes of at least 4 members (excludes halogenated alkanes) is 1. The Labute approximate surface area is 106 Å². The lowest BCUT2D eigenvalue weighted by molar-refractivity contribution is 0.0694. The van der Waals surface area contributed by atoms with Crippen LogP contribution in [0.4, 0.5) is 0 Å². The fourth-order valence-corrected chi connectivity index (χ4v) is 1.27. The van der Waals surface area contributed by atoms with Crippen LogP contribution in [0.15, 0.2) is 6.20 Å². The Morgan fingerprint density at radius 2 is 2.17 bits per heavy atom. The number of carboxylic acids is 1. The third-order valence-corrected chi connectivity index (χ3v) is 2.29. The summed E-state index contributed by atoms with van der Waals surface area (Å²) < 4.78 is 10.6. The quantitative estimate of drug-likeness (QED) is 0.711. The van der Waals surface area contributed by atoms with Crippen molar-refractivity contribution in [3.05, 3.63) is 17.5 Å². The summed E-state index contributed by atoms with van der Waals surface area (Å²) in [5.74, 6) is -1.04. The molecule has 1 N–H and O–H groups in total. The highest BCUT2D eigenvalue weighted by molar-refractivity contribution is 5.88. The molecule has 0 aliphatic heterocycles. The van der Waals surface area contributed by atoms with Gasteiger partial charge in [0.2, 0.25) is 0 Å². The van der Waals surface area contributed by atoms with Gasteiger partial charge in [-0.15, -0.1) is 0 Å². The van der Waals surface area contributed by atoms with Gasteiger partial charge in [0.05, 0.1) is 17.9 Å². The number of carbonyl (C=O) groups is 1. The highest BCUT2D eigenvalue weighted by atomic mass is 16.5. The molecular formula is C12H18N2O4. The number of hydrogen-bond acceptors (Lipinski definition) is 5. The first kappa shape index (κ1) is 14.4. The smallest absolute Gasteiger partial charge is 0.339 e. The Balaban J connectivity index is 2.35. The van der Waals surface area contributed by atoms with Crippen molar-refractivity contribution < 1.29 is 19.4 Å². The van der Waals surface area contributed by atoms with E-state index in [1.807, 2.05) is 0 Å². The summed E-state index contributed by atoms with van der Waals surface area (Å²) in [5, 5.41) is 8.81. The fourth-order valence-electron chi connectivity index (χ4n) is 1.27. The predicted octanol–water partition coefficient (Wildman–Crippen LogP) is 1.68. The van der Waals surface area contributed by atoms with Crippen LogP contribution in [0.25, 0.3) is 0 Å². The summed E-state index contributed by atoms with van der Waals surface area (Å²) in [7, 11) is 0. The fraction of sp³-hybridized carbons (Fsp3) is 0.583. The van der Waals surface area contributed by atoms with Gasteiger partial charge in [-0.2, -0.15) is 4.98 Å². The van der Waals surface area contributed by atoms with Crippen molar-refractivity contribution in [2.45, 2.75) is 26.7 Å². The van der Waals surface area contributed by atoms with E-state index in [0.29, 0.717) is 18.9 Å². The third kappa shape index (κ3) is 4.67. The monoisotopic (exact) mass is 254 g/mol. The van der Waals surface area contributed by atoms with Crippen molar-refractivity contribution in [1.82, 2.24) is 9.97 Å². The SMILES string of the molecule is CCCCOCCOc1ncc(C(=O)O)c(C)n1. The van der Waals surface area contributed by atoms with Crippen LogP contribution in [-0.4, -0.2) is 40.9 Å². The van der Waals surface area contributed by atoms with E-state index < -0.39 is 5.97 Å². The van der Waals surface area contributed by atoms with Gasteiger partial charge >= 0.3 is 12.0 Å². The Kier molecular flexibility index (Phi) is 6.07. The molecule has 0 spiro atoms. The van der Waals surface area contributed by atoms with Gasteiger partial charge in [0.1, 0.15) is 6.61 Å². The maximum absolute atomic E-state index is 10.8. The molecular weight excluding hydrogens is 236 g/mol. The van der Waals surface area contributed by atoms with E-state index >= 15 is 0 Å². The molecule has 1 rings (SSSR count). The number of carboxylic acid groups (broad SMARTS) is 1. The number of aromatic nitrogens is 2. The first-order valence-corrected chi connectivity index (χ1v) is 5.92. The van der Waals surface area contributed by atoms with Gasteiger partial charge in [-0.05, 0) is 13.3 Å². The van der Waals surface area contributed by atoms with Gasteiger partial charge in [0, 0.05) is 12.8 Å². The molecule has 0 fully saturated rings. The maximum atomic E-state index is 10.8. The summed E-state index contributed by atoms with van der Waals surface area (Å²) in [4.78, 5) is 18.5. The van der Waals surface area contributed by atoms with Crippen LogP contribution in [0.2, 0.25) is 0 Å². The van der Waals surface area contributed by atoms with E-state index in [1.54, 1.807) is 6.92 Å². The second-order valence-electron chi connectivity index (χ2n) is 3.77. The van der Waals surface area contributed by atoms with E-state index in [9.17, 15) is 4.79 Å². The van der Waals surface area contributed by atoms with Crippen LogP contribution in [-0.2, 0) is 4.74 Å². The van der Waals surface area contributed by atoms with Crippen molar-refractivity contribution in [2.24, 2.45) is 0 Å². The topological polar surface area (TPSA) is 81.5 Å². The first-order chi connectivity index (χ1) is 8.65. The van der Waals surface area contributed by atoms with Crippen molar-refractivity contribution >= 4 is 5.97 Å². The standard InChI is InChI=1S/C12H18N2O4/c1-3-4-5-17-6-7-18-12-13-8-10(11(15)16)9(2)14-12/h8H,3-7H2,1-2H3,(H,15,16). The summed E-state index contributed by atoms with van der Waals surface area (Å²) in [6.45, 7) is 5.26. The second kappa shape index (κ2) is 7.60. The highest BCUT2D eigenvalue weighted by Gasteiger charge is 2.10. The Bertz CT molecular complexity index is 396. The van der Waals surface area contributed by atoms with Crippen LogP contribution in [0, 0.1) is 6.92 Å². The number of hydrogen-bond donors (Lipinski definition) is 1. The van der Waals surface area contributed by atoms with Gasteiger partial charge in [0.15, 0.2) is 0 Å². The average molecular weight is 254 g/mol. The largest absolute Gasteiger partial charge is 0.478 e. The van der Waals surface area contributed by atoms with Crippen molar-refractivity contribution in [3.8, 4) is 6.01 Å². The molecule has 0 radical (unpaired) electrons. The Morgan fingerprint density at radius 1 is 1.39 bits per heavy atom. The lowest BCUT2D eigenvalue weighted by Crippen LogP contribution is -2.11. The van der Waals surface area contributed by atoms with Crippen molar-refractivity contribution in [3.63, 3.8) is 0 Å². The zero-order valence-electron chi connectivity index (χ0n) is 10.7. The summed E-state index contributed by atoms with van der Waals surface area (Å²) >= 11 is 0. The average Bonchev–Trinajstić information content (AvgIpc) is 2.33. The molecule has 1 heterocycles. The van der Waals surface area contributed by atoms with E-state index in [-0.39, 0.29) is 11.6 Å². The Morgan fingerprint density at radius 3 is 2.78 bits per heavy atom. The van der Waals surface area contributed by atoms with Crippen LogP contribution >= 0.6 is 0 Å². The molecule has 0 aliphatic carbocycles. The molecule has 6 heteroatoms. The van der Waals surface area contributed by atoms with Crippen LogP contribution in [0.5, 0.6) is 6.01 Å². The van der Waals surface area contributed by atoms with E-state index in [2.05, 4.69) is 16.9 Å². The molecule has 0 atom stereocenters. The third-order valence-electron chi connectivity index (χ3n) is 2.29. The van der Waals surface area contributed by atoms with E-state index in [4.69, 9.17) is 14.6 Å². The molecule has 1 aromatic rings. The maximum Gasteiger partial charge on any atom is 0.339 e. The number of nitrogens with zero attached hydrogens (tertiary/aromatic N) is 2. The minimum Gasteiger partial charge on any atom is -0.478 e. The molecule has 0 aliphatic rings. The van der Waals surface area contributed by atoms with Crippen LogP contribution in [0.3, 0.4) is 0 Å². The molecule has 0 amide bonds. The zero-order valence-corrected chi connectivity index (χ0v) is 10.7. The van der Waals surface area contributed by atoms with Crippen LogP contribution < -0.4 is 4.74 Å². The van der Waals surface area contributed by atoms with Gasteiger partial charge < -0.3 is 14.6 Å². The molecule has 100 valence electrons. The number of aryl methyl sites for hydroxylation is 1. The van der Waals surface area contributed by atoms with Gasteiger partial charge in [0.25, 0.3) is 0 Å². The first-order valence-electron chi connectivity index (χ1n) is 5.92. The minimum atomic E-state index is -1.04. The van der Waals surface area contributed by atoms with Crippen LogP contribution in [0.1, 0.15) is 35.8 Å². The van der Waals surface area contributed by atoms with Gasteiger partial charge in [-0.25, -0.2) is 9.78 Å². The van der Waals surface area contributed by atoms with E-state index in [0.717, 1.165) is 19.4 Å². The summed E-state index contributed by atoms with van der Waals surface area (Å²) in [6.07, 6.45) is 3.38. The zero-order chi connectivity index (χ0) is 13.4. The molecule has 0 bridgehead atoms. The number of rotatable bonds is 8. The second-order valence-corrected chi connectivity index (χ2v) is 3.77. The molecule has 0 saturated heterocycles. The molecule has 1 aromatic heterocycles. The predicted molar refractivity (Wildman–Crippen MR) is 65.0 cm³/mol. The molecule has 0 unspecified atom stereocenters. The number of aromatic carboxylic acids is 1. The lowest BCUT2D eigenvalue weighted by Gasteiger charge is -2.06. The number of ether oxygens (including phenoxy) is 2. The minimum absolute atomic E-state index is 0.0848. The summed E-state index contributed by atoms with van der Waals surface area (Å²) in [6, 6.07) is 0.177. The van der Waals surface area contributed by atoms with E-state index in [1.165, 1.54) is 6.20 Å². The lowest BCUT2D eigenvalue weighted by atomic mass is 10.2. The van der Waals surface area contributed by atoms with Crippen molar-refractivity contribution in [1.29, 1.82) is 0 Å². The molecule has 18 heavy (non-hydrogen) atoms. The van der Waals surface area contributed by atoms with Gasteiger partial charge in [-0.1, -0.05) is 13.3 Å². The molecule has 0 saturated carbocycles. The normalized spacial score (nSPS) is 10.3.